The van der Waals surface area contributed by atoms with Crippen LogP contribution in [0.5, 0.6) is 0 Å². The highest BCUT2D eigenvalue weighted by atomic mass is 16.4. The highest BCUT2D eigenvalue weighted by molar-refractivity contribution is 5.79. The molecule has 0 aromatic heterocycles. The molecule has 1 amide bonds. The van der Waals surface area contributed by atoms with Crippen LogP contribution in [0, 0.1) is 5.92 Å². The quantitative estimate of drug-likeness (QED) is 0.785. The Bertz CT molecular complexity index is 460. The van der Waals surface area contributed by atoms with E-state index in [-0.39, 0.29) is 12.5 Å². The molecule has 0 bridgehead atoms. The molecular formula is C16H24N2O3. The molecule has 0 saturated carbocycles. The first-order chi connectivity index (χ1) is 9.90. The van der Waals surface area contributed by atoms with E-state index < -0.39 is 11.9 Å². The zero-order valence-electron chi connectivity index (χ0n) is 13.0. The molecule has 1 atom stereocenters. The molecule has 0 aliphatic carbocycles. The lowest BCUT2D eigenvalue weighted by molar-refractivity contribution is -0.143. The van der Waals surface area contributed by atoms with Crippen molar-refractivity contribution in [3.63, 3.8) is 0 Å². The number of carboxylic acids is 1. The molecule has 0 spiro atoms. The molecule has 1 rings (SSSR count). The molecule has 0 aliphatic heterocycles. The van der Waals surface area contributed by atoms with Gasteiger partial charge in [0.05, 0.1) is 12.3 Å². The Kier molecular flexibility index (Phi) is 6.88. The largest absolute Gasteiger partial charge is 0.481 e. The minimum atomic E-state index is -0.877. The average Bonchev–Trinajstić information content (AvgIpc) is 2.43. The van der Waals surface area contributed by atoms with Crippen LogP contribution in [0.4, 0.5) is 0 Å². The van der Waals surface area contributed by atoms with E-state index in [4.69, 9.17) is 5.11 Å². The Morgan fingerprint density at radius 1 is 1.14 bits per heavy atom. The van der Waals surface area contributed by atoms with Gasteiger partial charge in [0.15, 0.2) is 0 Å². The first-order valence-electron chi connectivity index (χ1n) is 7.09. The maximum absolute atomic E-state index is 12.4. The normalized spacial score (nSPS) is 12.2. The second kappa shape index (κ2) is 8.42. The van der Waals surface area contributed by atoms with E-state index in [0.717, 1.165) is 5.56 Å². The van der Waals surface area contributed by atoms with Gasteiger partial charge in [-0.1, -0.05) is 37.3 Å². The molecular weight excluding hydrogens is 268 g/mol. The zero-order chi connectivity index (χ0) is 15.8. The third-order valence-corrected chi connectivity index (χ3v) is 3.28. The van der Waals surface area contributed by atoms with Crippen molar-refractivity contribution in [2.24, 2.45) is 5.92 Å². The molecule has 0 fully saturated rings. The fourth-order valence-electron chi connectivity index (χ4n) is 1.93. The molecule has 0 heterocycles. The van der Waals surface area contributed by atoms with Gasteiger partial charge < -0.3 is 14.9 Å². The van der Waals surface area contributed by atoms with E-state index in [1.165, 1.54) is 0 Å². The number of hydrogen-bond donors (Lipinski definition) is 1. The molecule has 5 nitrogen and oxygen atoms in total. The summed E-state index contributed by atoms with van der Waals surface area (Å²) in [4.78, 5) is 27.0. The molecule has 21 heavy (non-hydrogen) atoms. The number of aliphatic carboxylic acids is 1. The monoisotopic (exact) mass is 292 g/mol. The molecule has 1 N–H and O–H groups in total. The highest BCUT2D eigenvalue weighted by Crippen LogP contribution is 2.06. The molecule has 0 aliphatic rings. The molecule has 1 unspecified atom stereocenters. The number of carboxylic acid groups (broad SMARTS) is 1. The lowest BCUT2D eigenvalue weighted by atomic mass is 10.1. The smallest absolute Gasteiger partial charge is 0.308 e. The first kappa shape index (κ1) is 17.2. The number of benzene rings is 1. The van der Waals surface area contributed by atoms with Gasteiger partial charge in [-0.15, -0.1) is 0 Å². The van der Waals surface area contributed by atoms with Gasteiger partial charge in [-0.25, -0.2) is 0 Å². The minimum absolute atomic E-state index is 0.0313. The lowest BCUT2D eigenvalue weighted by Gasteiger charge is -2.26. The Balaban J connectivity index is 2.69. The van der Waals surface area contributed by atoms with Crippen LogP contribution in [0.2, 0.25) is 0 Å². The topological polar surface area (TPSA) is 60.9 Å². The van der Waals surface area contributed by atoms with E-state index in [1.54, 1.807) is 11.8 Å². The number of carbonyl (C=O) groups excluding carboxylic acids is 1. The van der Waals surface area contributed by atoms with Crippen LogP contribution in [-0.2, 0) is 16.0 Å². The summed E-state index contributed by atoms with van der Waals surface area (Å²) in [5.74, 6) is -1.47. The van der Waals surface area contributed by atoms with Gasteiger partial charge in [-0.05, 0) is 19.7 Å². The van der Waals surface area contributed by atoms with E-state index >= 15 is 0 Å². The number of nitrogens with zero attached hydrogens (tertiary/aromatic N) is 2. The van der Waals surface area contributed by atoms with Crippen molar-refractivity contribution in [3.8, 4) is 0 Å². The van der Waals surface area contributed by atoms with Crippen LogP contribution in [0.15, 0.2) is 30.3 Å². The van der Waals surface area contributed by atoms with Crippen molar-refractivity contribution in [2.75, 3.05) is 33.7 Å². The maximum atomic E-state index is 12.4. The Morgan fingerprint density at radius 2 is 1.76 bits per heavy atom. The molecule has 5 heteroatoms. The van der Waals surface area contributed by atoms with E-state index in [2.05, 4.69) is 0 Å². The van der Waals surface area contributed by atoms with Crippen molar-refractivity contribution in [3.05, 3.63) is 35.9 Å². The Labute approximate surface area is 126 Å². The number of carbonyl (C=O) groups is 2. The second-order valence-electron chi connectivity index (χ2n) is 5.54. The summed E-state index contributed by atoms with van der Waals surface area (Å²) in [6.45, 7) is 3.12. The van der Waals surface area contributed by atoms with Crippen LogP contribution < -0.4 is 0 Å². The standard InChI is InChI=1S/C16H24N2O3/c1-13(16(20)21)12-18(10-9-17(2)3)15(19)11-14-7-5-4-6-8-14/h4-8,13H,9-12H2,1-3H3,(H,20,21). The summed E-state index contributed by atoms with van der Waals surface area (Å²) < 4.78 is 0. The molecule has 1 aromatic rings. The van der Waals surface area contributed by atoms with E-state index in [1.807, 2.05) is 49.3 Å². The van der Waals surface area contributed by atoms with Crippen LogP contribution >= 0.6 is 0 Å². The van der Waals surface area contributed by atoms with Gasteiger partial charge in [-0.3, -0.25) is 9.59 Å². The van der Waals surface area contributed by atoms with E-state index in [9.17, 15) is 9.59 Å². The number of rotatable bonds is 8. The van der Waals surface area contributed by atoms with Gasteiger partial charge >= 0.3 is 5.97 Å². The fourth-order valence-corrected chi connectivity index (χ4v) is 1.93. The average molecular weight is 292 g/mol. The van der Waals surface area contributed by atoms with Crippen LogP contribution in [0.3, 0.4) is 0 Å². The summed E-state index contributed by atoms with van der Waals surface area (Å²) in [5.41, 5.74) is 0.945. The first-order valence-corrected chi connectivity index (χ1v) is 7.09. The van der Waals surface area contributed by atoms with Crippen molar-refractivity contribution >= 4 is 11.9 Å². The van der Waals surface area contributed by atoms with Gasteiger partial charge in [0.1, 0.15) is 0 Å². The third-order valence-electron chi connectivity index (χ3n) is 3.28. The SMILES string of the molecule is CC(CN(CCN(C)C)C(=O)Cc1ccccc1)C(=O)O. The molecule has 0 radical (unpaired) electrons. The van der Waals surface area contributed by atoms with Gasteiger partial charge in [0.2, 0.25) is 5.91 Å². The fraction of sp³-hybridized carbons (Fsp3) is 0.500. The van der Waals surface area contributed by atoms with E-state index in [0.29, 0.717) is 19.5 Å². The summed E-state index contributed by atoms with van der Waals surface area (Å²) in [7, 11) is 3.86. The van der Waals surface area contributed by atoms with Crippen LogP contribution in [0.25, 0.3) is 0 Å². The predicted molar refractivity (Wildman–Crippen MR) is 82.1 cm³/mol. The van der Waals surface area contributed by atoms with Crippen molar-refractivity contribution in [1.82, 2.24) is 9.80 Å². The molecule has 116 valence electrons. The Morgan fingerprint density at radius 3 is 2.29 bits per heavy atom. The number of likely N-dealkylation sites (N-methyl/N-ethyl adjacent to an activating group) is 1. The van der Waals surface area contributed by atoms with Crippen molar-refractivity contribution in [2.45, 2.75) is 13.3 Å². The predicted octanol–water partition coefficient (Wildman–Crippen LogP) is 1.34. The minimum Gasteiger partial charge on any atom is -0.481 e. The van der Waals surface area contributed by atoms with Crippen LogP contribution in [-0.4, -0.2) is 60.5 Å². The maximum Gasteiger partial charge on any atom is 0.308 e. The van der Waals surface area contributed by atoms with Gasteiger partial charge in [-0.2, -0.15) is 0 Å². The summed E-state index contributed by atoms with van der Waals surface area (Å²) in [6.07, 6.45) is 0.306. The number of amides is 1. The van der Waals surface area contributed by atoms with Gasteiger partial charge in [0.25, 0.3) is 0 Å². The number of hydrogen-bond acceptors (Lipinski definition) is 3. The summed E-state index contributed by atoms with van der Waals surface area (Å²) >= 11 is 0. The molecule has 1 aromatic carbocycles. The second-order valence-corrected chi connectivity index (χ2v) is 5.54. The van der Waals surface area contributed by atoms with Crippen LogP contribution in [0.1, 0.15) is 12.5 Å². The third kappa shape index (κ3) is 6.40. The molecule has 0 saturated heterocycles. The summed E-state index contributed by atoms with van der Waals surface area (Å²) in [6, 6.07) is 9.51. The van der Waals surface area contributed by atoms with Crippen molar-refractivity contribution < 1.29 is 14.7 Å². The zero-order valence-corrected chi connectivity index (χ0v) is 13.0. The summed E-state index contributed by atoms with van der Waals surface area (Å²) in [5, 5.41) is 9.03. The van der Waals surface area contributed by atoms with Crippen molar-refractivity contribution in [1.29, 1.82) is 0 Å². The lowest BCUT2D eigenvalue weighted by Crippen LogP contribution is -2.41. The Hall–Kier alpha value is -1.88. The highest BCUT2D eigenvalue weighted by Gasteiger charge is 2.20. The van der Waals surface area contributed by atoms with Gasteiger partial charge in [0, 0.05) is 19.6 Å².